The monoisotopic (exact) mass is 277 g/mol. The van der Waals surface area contributed by atoms with Crippen molar-refractivity contribution in [2.45, 2.75) is 38.7 Å². The minimum absolute atomic E-state index is 0.147. The van der Waals surface area contributed by atoms with E-state index in [1.165, 1.54) is 0 Å². The number of carbonyl (C=O) groups excluding carboxylic acids is 1. The molecular weight excluding hydrogens is 258 g/mol. The van der Waals surface area contributed by atoms with Crippen molar-refractivity contribution >= 4 is 22.8 Å². The summed E-state index contributed by atoms with van der Waals surface area (Å²) in [5, 5.41) is 24.9. The molecule has 2 unspecified atom stereocenters. The summed E-state index contributed by atoms with van der Waals surface area (Å²) in [6, 6.07) is 0. The summed E-state index contributed by atoms with van der Waals surface area (Å²) in [4.78, 5) is 12.2. The molecule has 1 aliphatic carbocycles. The molecule has 0 radical (unpaired) electrons. The molecule has 0 spiro atoms. The first-order valence-corrected chi connectivity index (χ1v) is 7.00. The van der Waals surface area contributed by atoms with Crippen LogP contribution in [-0.2, 0) is 18.3 Å². The topological polar surface area (TPSA) is 95.8 Å². The van der Waals surface area contributed by atoms with Crippen LogP contribution in [-0.4, -0.2) is 37.1 Å². The van der Waals surface area contributed by atoms with Gasteiger partial charge in [0, 0.05) is 7.05 Å². The summed E-state index contributed by atoms with van der Waals surface area (Å²) in [7, 11) is 1.83. The van der Waals surface area contributed by atoms with Crippen molar-refractivity contribution in [1.82, 2.24) is 20.0 Å². The van der Waals surface area contributed by atoms with Crippen LogP contribution in [0, 0.1) is 5.92 Å². The smallest absolute Gasteiger partial charge is 0.231 e. The Bertz CT molecular complexity index is 645. The Hall–Kier alpha value is -1.89. The van der Waals surface area contributed by atoms with E-state index in [1.54, 1.807) is 4.68 Å². The fourth-order valence-electron chi connectivity index (χ4n) is 2.92. The molecule has 1 aliphatic rings. The third-order valence-electron chi connectivity index (χ3n) is 4.01. The van der Waals surface area contributed by atoms with Gasteiger partial charge in [0.2, 0.25) is 5.91 Å². The molecule has 2 aromatic heterocycles. The lowest BCUT2D eigenvalue weighted by atomic mass is 10.1. The molecule has 7 heteroatoms. The Balaban J connectivity index is 1.89. The molecule has 0 aromatic carbocycles. The average Bonchev–Trinajstić information content (AvgIpc) is 3.08. The zero-order chi connectivity index (χ0) is 14.3. The van der Waals surface area contributed by atoms with E-state index in [9.17, 15) is 9.90 Å². The van der Waals surface area contributed by atoms with Crippen LogP contribution in [0.2, 0.25) is 0 Å². The number of amides is 1. The van der Waals surface area contributed by atoms with E-state index in [1.807, 2.05) is 14.0 Å². The second-order valence-corrected chi connectivity index (χ2v) is 5.32. The maximum absolute atomic E-state index is 12.2. The molecule has 2 aromatic rings. The SMILES string of the molecule is CCc1nn(C)c2n[nH]c(NC(=O)C3CCCC3O)c12. The van der Waals surface area contributed by atoms with Crippen molar-refractivity contribution in [2.24, 2.45) is 13.0 Å². The van der Waals surface area contributed by atoms with E-state index in [2.05, 4.69) is 20.6 Å². The van der Waals surface area contributed by atoms with Gasteiger partial charge in [-0.05, 0) is 25.7 Å². The summed E-state index contributed by atoms with van der Waals surface area (Å²) < 4.78 is 1.70. The minimum atomic E-state index is -0.534. The predicted octanol–water partition coefficient (Wildman–Crippen LogP) is 0.958. The van der Waals surface area contributed by atoms with Crippen LogP contribution in [0.5, 0.6) is 0 Å². The summed E-state index contributed by atoms with van der Waals surface area (Å²) >= 11 is 0. The molecule has 108 valence electrons. The molecular formula is C13H19N5O2. The fourth-order valence-corrected chi connectivity index (χ4v) is 2.92. The summed E-state index contributed by atoms with van der Waals surface area (Å²) in [6.45, 7) is 2.01. The number of aryl methyl sites for hydroxylation is 2. The fraction of sp³-hybridized carbons (Fsp3) is 0.615. The van der Waals surface area contributed by atoms with Crippen LogP contribution in [0.15, 0.2) is 0 Å². The van der Waals surface area contributed by atoms with Gasteiger partial charge in [-0.15, -0.1) is 0 Å². The lowest BCUT2D eigenvalue weighted by Crippen LogP contribution is -2.28. The number of aromatic nitrogens is 4. The zero-order valence-corrected chi connectivity index (χ0v) is 11.7. The number of aromatic amines is 1. The number of nitrogens with zero attached hydrogens (tertiary/aromatic N) is 3. The highest BCUT2D eigenvalue weighted by atomic mass is 16.3. The van der Waals surface area contributed by atoms with Gasteiger partial charge >= 0.3 is 0 Å². The van der Waals surface area contributed by atoms with E-state index in [0.717, 1.165) is 36.0 Å². The van der Waals surface area contributed by atoms with Gasteiger partial charge in [0.05, 0.1) is 23.1 Å². The number of fused-ring (bicyclic) bond motifs is 1. The van der Waals surface area contributed by atoms with Crippen molar-refractivity contribution in [3.05, 3.63) is 5.69 Å². The van der Waals surface area contributed by atoms with Gasteiger partial charge in [0.15, 0.2) is 5.65 Å². The molecule has 0 aliphatic heterocycles. The van der Waals surface area contributed by atoms with Gasteiger partial charge in [-0.2, -0.15) is 10.2 Å². The standard InChI is InChI=1S/C13H19N5O2/c1-3-8-10-11(15-16-12(10)18(2)17-8)14-13(20)7-5-4-6-9(7)19/h7,9,19H,3-6H2,1-2H3,(H2,14,15,16,20). The summed E-state index contributed by atoms with van der Waals surface area (Å²) in [5.41, 5.74) is 1.63. The Labute approximate surface area is 116 Å². The molecule has 1 amide bonds. The van der Waals surface area contributed by atoms with Crippen LogP contribution < -0.4 is 5.32 Å². The Morgan fingerprint density at radius 2 is 2.35 bits per heavy atom. The largest absolute Gasteiger partial charge is 0.392 e. The number of hydrogen-bond donors (Lipinski definition) is 3. The number of carbonyl (C=O) groups is 1. The number of aliphatic hydroxyl groups excluding tert-OH is 1. The highest BCUT2D eigenvalue weighted by Crippen LogP contribution is 2.29. The molecule has 1 fully saturated rings. The van der Waals surface area contributed by atoms with Crippen LogP contribution in [0.3, 0.4) is 0 Å². The Morgan fingerprint density at radius 1 is 1.55 bits per heavy atom. The lowest BCUT2D eigenvalue weighted by Gasteiger charge is -2.13. The number of rotatable bonds is 3. The number of H-pyrrole nitrogens is 1. The second kappa shape index (κ2) is 4.90. The molecule has 20 heavy (non-hydrogen) atoms. The van der Waals surface area contributed by atoms with Crippen LogP contribution in [0.25, 0.3) is 11.0 Å². The third kappa shape index (κ3) is 1.98. The van der Waals surface area contributed by atoms with Crippen molar-refractivity contribution in [1.29, 1.82) is 0 Å². The molecule has 2 heterocycles. The lowest BCUT2D eigenvalue weighted by molar-refractivity contribution is -0.122. The van der Waals surface area contributed by atoms with E-state index in [4.69, 9.17) is 0 Å². The first-order chi connectivity index (χ1) is 9.61. The maximum atomic E-state index is 12.2. The van der Waals surface area contributed by atoms with Crippen molar-refractivity contribution in [2.75, 3.05) is 5.32 Å². The van der Waals surface area contributed by atoms with Crippen molar-refractivity contribution < 1.29 is 9.90 Å². The number of hydrogen-bond acceptors (Lipinski definition) is 4. The minimum Gasteiger partial charge on any atom is -0.392 e. The highest BCUT2D eigenvalue weighted by molar-refractivity contribution is 6.01. The summed E-state index contributed by atoms with van der Waals surface area (Å²) in [6.07, 6.45) is 2.56. The van der Waals surface area contributed by atoms with Crippen molar-refractivity contribution in [3.63, 3.8) is 0 Å². The number of anilines is 1. The highest BCUT2D eigenvalue weighted by Gasteiger charge is 2.32. The molecule has 7 nitrogen and oxygen atoms in total. The Kier molecular flexibility index (Phi) is 3.21. The molecule has 1 saturated carbocycles. The molecule has 3 rings (SSSR count). The zero-order valence-electron chi connectivity index (χ0n) is 11.7. The van der Waals surface area contributed by atoms with Crippen LogP contribution >= 0.6 is 0 Å². The second-order valence-electron chi connectivity index (χ2n) is 5.32. The van der Waals surface area contributed by atoms with Gasteiger partial charge in [-0.3, -0.25) is 9.89 Å². The Morgan fingerprint density at radius 3 is 3.00 bits per heavy atom. The number of aliphatic hydroxyl groups is 1. The molecule has 0 bridgehead atoms. The van der Waals surface area contributed by atoms with Gasteiger partial charge in [0.25, 0.3) is 0 Å². The molecule has 2 atom stereocenters. The van der Waals surface area contributed by atoms with Crippen molar-refractivity contribution in [3.8, 4) is 0 Å². The van der Waals surface area contributed by atoms with Gasteiger partial charge in [-0.1, -0.05) is 6.92 Å². The third-order valence-corrected chi connectivity index (χ3v) is 4.01. The normalized spacial score (nSPS) is 22.6. The van der Waals surface area contributed by atoms with E-state index >= 15 is 0 Å². The van der Waals surface area contributed by atoms with E-state index < -0.39 is 6.10 Å². The average molecular weight is 277 g/mol. The van der Waals surface area contributed by atoms with Gasteiger partial charge in [0.1, 0.15) is 5.82 Å². The molecule has 0 saturated heterocycles. The molecule has 3 N–H and O–H groups in total. The predicted molar refractivity (Wildman–Crippen MR) is 74.2 cm³/mol. The quantitative estimate of drug-likeness (QED) is 0.778. The van der Waals surface area contributed by atoms with Crippen LogP contribution in [0.4, 0.5) is 5.82 Å². The van der Waals surface area contributed by atoms with E-state index in [0.29, 0.717) is 12.2 Å². The first-order valence-electron chi connectivity index (χ1n) is 7.00. The van der Waals surface area contributed by atoms with E-state index in [-0.39, 0.29) is 11.8 Å². The first kappa shape index (κ1) is 13.1. The maximum Gasteiger partial charge on any atom is 0.231 e. The number of nitrogens with one attached hydrogen (secondary N) is 2. The van der Waals surface area contributed by atoms with Gasteiger partial charge < -0.3 is 10.4 Å². The van der Waals surface area contributed by atoms with Crippen LogP contribution in [0.1, 0.15) is 31.9 Å². The van der Waals surface area contributed by atoms with Gasteiger partial charge in [-0.25, -0.2) is 4.68 Å². The summed E-state index contributed by atoms with van der Waals surface area (Å²) in [5.74, 6) is 0.107.